The first-order valence-electron chi connectivity index (χ1n) is 10.5. The van der Waals surface area contributed by atoms with Crippen molar-refractivity contribution < 1.29 is 28.6 Å². The second kappa shape index (κ2) is 9.36. The van der Waals surface area contributed by atoms with Gasteiger partial charge in [0.15, 0.2) is 0 Å². The molecule has 0 aromatic heterocycles. The van der Waals surface area contributed by atoms with E-state index in [1.54, 1.807) is 30.3 Å². The van der Waals surface area contributed by atoms with Gasteiger partial charge in [-0.15, -0.1) is 0 Å². The van der Waals surface area contributed by atoms with E-state index >= 15 is 0 Å². The number of amides is 1. The predicted molar refractivity (Wildman–Crippen MR) is 117 cm³/mol. The van der Waals surface area contributed by atoms with Crippen molar-refractivity contribution in [1.82, 2.24) is 4.90 Å². The number of Topliss-reactive ketones (excluding diaryl/α,β-unsaturated/α-hetero) is 1. The standard InChI is InChI=1S/C25H24FNO5/c1-2-13-31-19-11-7-17(8-12-19)23(28)21-22(16-5-9-18(26)10-6-16)27(25(30)24(21)29)15-20-4-3-14-32-20/h2,5-12,20,22,28H,1,3-4,13-15H2/t20-,22-/m1/s1. The first-order valence-corrected chi connectivity index (χ1v) is 10.5. The predicted octanol–water partition coefficient (Wildman–Crippen LogP) is 3.99. The number of aliphatic hydroxyl groups excluding tert-OH is 1. The van der Waals surface area contributed by atoms with Gasteiger partial charge in [0, 0.05) is 18.7 Å². The molecule has 1 N–H and O–H groups in total. The number of carbonyl (C=O) groups excluding carboxylic acids is 2. The van der Waals surface area contributed by atoms with E-state index < -0.39 is 23.5 Å². The van der Waals surface area contributed by atoms with E-state index in [1.807, 2.05) is 0 Å². The van der Waals surface area contributed by atoms with Gasteiger partial charge in [0.05, 0.1) is 17.7 Å². The summed E-state index contributed by atoms with van der Waals surface area (Å²) < 4.78 is 24.7. The molecule has 2 heterocycles. The van der Waals surface area contributed by atoms with E-state index in [0.29, 0.717) is 30.1 Å². The van der Waals surface area contributed by atoms with Crippen molar-refractivity contribution in [3.8, 4) is 5.75 Å². The summed E-state index contributed by atoms with van der Waals surface area (Å²) in [7, 11) is 0. The Kier molecular flexibility index (Phi) is 6.37. The summed E-state index contributed by atoms with van der Waals surface area (Å²) in [6, 6.07) is 11.3. The average Bonchev–Trinajstić information content (AvgIpc) is 3.41. The molecule has 2 saturated heterocycles. The van der Waals surface area contributed by atoms with Crippen LogP contribution in [0.4, 0.5) is 4.39 Å². The molecule has 7 heteroatoms. The van der Waals surface area contributed by atoms with Crippen LogP contribution in [0, 0.1) is 5.82 Å². The Hall–Kier alpha value is -3.45. The minimum atomic E-state index is -0.837. The minimum Gasteiger partial charge on any atom is -0.507 e. The van der Waals surface area contributed by atoms with Gasteiger partial charge in [-0.25, -0.2) is 4.39 Å². The van der Waals surface area contributed by atoms with Gasteiger partial charge in [-0.05, 0) is 54.8 Å². The van der Waals surface area contributed by atoms with Gasteiger partial charge in [-0.2, -0.15) is 0 Å². The first kappa shape index (κ1) is 21.8. The summed E-state index contributed by atoms with van der Waals surface area (Å²) in [6.07, 6.45) is 3.10. The average molecular weight is 437 g/mol. The van der Waals surface area contributed by atoms with Crippen molar-refractivity contribution in [1.29, 1.82) is 0 Å². The zero-order chi connectivity index (χ0) is 22.7. The van der Waals surface area contributed by atoms with Crippen molar-refractivity contribution in [3.05, 3.63) is 83.7 Å². The number of rotatable bonds is 7. The number of likely N-dealkylation sites (tertiary alicyclic amines) is 1. The number of hydrogen-bond donors (Lipinski definition) is 1. The summed E-state index contributed by atoms with van der Waals surface area (Å²) in [5.41, 5.74) is 0.883. The molecule has 2 aromatic carbocycles. The highest BCUT2D eigenvalue weighted by molar-refractivity contribution is 6.46. The smallest absolute Gasteiger partial charge is 0.295 e. The van der Waals surface area contributed by atoms with Gasteiger partial charge in [0.1, 0.15) is 23.9 Å². The number of hydrogen-bond acceptors (Lipinski definition) is 5. The number of ketones is 1. The topological polar surface area (TPSA) is 76.1 Å². The lowest BCUT2D eigenvalue weighted by molar-refractivity contribution is -0.140. The number of carbonyl (C=O) groups is 2. The third-order valence-corrected chi connectivity index (χ3v) is 5.65. The Morgan fingerprint density at radius 1 is 1.19 bits per heavy atom. The molecule has 2 atom stereocenters. The normalized spacial score (nSPS) is 22.3. The SMILES string of the molecule is C=CCOc1ccc(C(O)=C2C(=O)C(=O)N(C[C@H]3CCCO3)[C@@H]2c2ccc(F)cc2)cc1. The summed E-state index contributed by atoms with van der Waals surface area (Å²) >= 11 is 0. The fourth-order valence-corrected chi connectivity index (χ4v) is 4.09. The Bertz CT molecular complexity index is 1040. The van der Waals surface area contributed by atoms with E-state index in [2.05, 4.69) is 6.58 Å². The number of benzene rings is 2. The Morgan fingerprint density at radius 3 is 2.53 bits per heavy atom. The van der Waals surface area contributed by atoms with Crippen molar-refractivity contribution >= 4 is 17.4 Å². The third kappa shape index (κ3) is 4.29. The van der Waals surface area contributed by atoms with E-state index in [1.165, 1.54) is 29.2 Å². The van der Waals surface area contributed by atoms with Crippen molar-refractivity contribution in [2.45, 2.75) is 25.0 Å². The van der Waals surface area contributed by atoms with Gasteiger partial charge in [-0.1, -0.05) is 24.8 Å². The van der Waals surface area contributed by atoms with Crippen LogP contribution in [0.15, 0.2) is 66.8 Å². The molecule has 0 spiro atoms. The largest absolute Gasteiger partial charge is 0.507 e. The van der Waals surface area contributed by atoms with Crippen LogP contribution in [0.3, 0.4) is 0 Å². The van der Waals surface area contributed by atoms with E-state index in [-0.39, 0.29) is 24.0 Å². The molecule has 32 heavy (non-hydrogen) atoms. The van der Waals surface area contributed by atoms with Crippen LogP contribution in [0.2, 0.25) is 0 Å². The minimum absolute atomic E-state index is 0.0284. The van der Waals surface area contributed by atoms with Crippen LogP contribution in [0.25, 0.3) is 5.76 Å². The van der Waals surface area contributed by atoms with E-state index in [9.17, 15) is 19.1 Å². The monoisotopic (exact) mass is 437 g/mol. The Labute approximate surface area is 185 Å². The van der Waals surface area contributed by atoms with Gasteiger partial charge in [0.2, 0.25) is 0 Å². The zero-order valence-electron chi connectivity index (χ0n) is 17.5. The van der Waals surface area contributed by atoms with Crippen LogP contribution < -0.4 is 4.74 Å². The first-order chi connectivity index (χ1) is 15.5. The number of ether oxygens (including phenoxy) is 2. The molecular weight excluding hydrogens is 413 g/mol. The molecule has 0 aliphatic carbocycles. The molecule has 0 radical (unpaired) electrons. The van der Waals surface area contributed by atoms with Gasteiger partial charge in [-0.3, -0.25) is 9.59 Å². The molecule has 0 saturated carbocycles. The fraction of sp³-hybridized carbons (Fsp3) is 0.280. The molecule has 2 aliphatic rings. The molecule has 1 amide bonds. The summed E-state index contributed by atoms with van der Waals surface area (Å²) in [5.74, 6) is -1.62. The van der Waals surface area contributed by atoms with Crippen LogP contribution in [0.5, 0.6) is 5.75 Å². The highest BCUT2D eigenvalue weighted by Gasteiger charge is 2.47. The molecule has 2 aromatic rings. The van der Waals surface area contributed by atoms with Gasteiger partial charge < -0.3 is 19.5 Å². The molecule has 166 valence electrons. The summed E-state index contributed by atoms with van der Waals surface area (Å²) in [6.45, 7) is 4.76. The van der Waals surface area contributed by atoms with Gasteiger partial charge in [0.25, 0.3) is 11.7 Å². The maximum atomic E-state index is 13.6. The van der Waals surface area contributed by atoms with E-state index in [4.69, 9.17) is 9.47 Å². The lowest BCUT2D eigenvalue weighted by atomic mass is 9.95. The second-order valence-corrected chi connectivity index (χ2v) is 7.76. The van der Waals surface area contributed by atoms with Crippen molar-refractivity contribution in [3.63, 3.8) is 0 Å². The molecule has 2 fully saturated rings. The third-order valence-electron chi connectivity index (χ3n) is 5.65. The Morgan fingerprint density at radius 2 is 1.91 bits per heavy atom. The lowest BCUT2D eigenvalue weighted by Gasteiger charge is -2.27. The van der Waals surface area contributed by atoms with Crippen molar-refractivity contribution in [2.75, 3.05) is 19.8 Å². The zero-order valence-corrected chi connectivity index (χ0v) is 17.5. The molecule has 4 rings (SSSR count). The van der Waals surface area contributed by atoms with Crippen LogP contribution in [-0.2, 0) is 14.3 Å². The lowest BCUT2D eigenvalue weighted by Crippen LogP contribution is -2.36. The maximum absolute atomic E-state index is 13.6. The van der Waals surface area contributed by atoms with E-state index in [0.717, 1.165) is 12.8 Å². The Balaban J connectivity index is 1.74. The van der Waals surface area contributed by atoms with Gasteiger partial charge >= 0.3 is 0 Å². The van der Waals surface area contributed by atoms with Crippen LogP contribution in [0.1, 0.15) is 30.0 Å². The quantitative estimate of drug-likeness (QED) is 0.307. The molecular formula is C25H24FNO5. The van der Waals surface area contributed by atoms with Crippen LogP contribution >= 0.6 is 0 Å². The number of aliphatic hydroxyl groups is 1. The van der Waals surface area contributed by atoms with Crippen LogP contribution in [-0.4, -0.2) is 47.6 Å². The highest BCUT2D eigenvalue weighted by Crippen LogP contribution is 2.40. The molecule has 0 bridgehead atoms. The fourth-order valence-electron chi connectivity index (χ4n) is 4.09. The molecule has 6 nitrogen and oxygen atoms in total. The number of halogens is 1. The second-order valence-electron chi connectivity index (χ2n) is 7.76. The summed E-state index contributed by atoms with van der Waals surface area (Å²) in [5, 5.41) is 11.1. The molecule has 2 aliphatic heterocycles. The maximum Gasteiger partial charge on any atom is 0.295 e. The molecule has 0 unspecified atom stereocenters. The summed E-state index contributed by atoms with van der Waals surface area (Å²) in [4.78, 5) is 27.4. The highest BCUT2D eigenvalue weighted by atomic mass is 19.1. The number of nitrogens with zero attached hydrogens (tertiary/aromatic N) is 1. The van der Waals surface area contributed by atoms with Crippen molar-refractivity contribution in [2.24, 2.45) is 0 Å².